The summed E-state index contributed by atoms with van der Waals surface area (Å²) in [5.74, 6) is 0.741. The molecule has 0 saturated heterocycles. The monoisotopic (exact) mass is 383 g/mol. The van der Waals surface area contributed by atoms with Crippen LogP contribution in [-0.2, 0) is 11.3 Å². The molecule has 1 N–H and O–H groups in total. The second kappa shape index (κ2) is 9.24. The molecule has 2 aromatic carbocycles. The molecule has 0 atom stereocenters. The van der Waals surface area contributed by atoms with Gasteiger partial charge in [0.2, 0.25) is 5.91 Å². The summed E-state index contributed by atoms with van der Waals surface area (Å²) >= 11 is 6.00. The molecule has 6 heteroatoms. The average molecular weight is 384 g/mol. The lowest BCUT2D eigenvalue weighted by Gasteiger charge is -2.09. The number of amides is 1. The Hall–Kier alpha value is -2.79. The SMILES string of the molecule is Cc1cc(OCCCC(=O)Nc2cccc(Cn3cccn3)c2)ccc1Cl. The Balaban J connectivity index is 1.43. The number of aromatic nitrogens is 2. The van der Waals surface area contributed by atoms with Crippen molar-refractivity contribution < 1.29 is 9.53 Å². The molecule has 0 saturated carbocycles. The maximum Gasteiger partial charge on any atom is 0.224 e. The first-order valence-corrected chi connectivity index (χ1v) is 9.23. The number of nitrogens with zero attached hydrogens (tertiary/aromatic N) is 2. The van der Waals surface area contributed by atoms with Gasteiger partial charge in [0.05, 0.1) is 13.2 Å². The van der Waals surface area contributed by atoms with E-state index in [1.165, 1.54) is 0 Å². The Morgan fingerprint density at radius 3 is 2.89 bits per heavy atom. The molecule has 1 aromatic heterocycles. The summed E-state index contributed by atoms with van der Waals surface area (Å²) in [4.78, 5) is 12.1. The molecule has 140 valence electrons. The third-order valence-electron chi connectivity index (χ3n) is 4.06. The van der Waals surface area contributed by atoms with E-state index in [1.54, 1.807) is 6.20 Å². The Bertz CT molecular complexity index is 894. The molecular formula is C21H22ClN3O2. The number of hydrogen-bond donors (Lipinski definition) is 1. The number of ether oxygens (including phenoxy) is 1. The molecule has 3 aromatic rings. The van der Waals surface area contributed by atoms with Crippen LogP contribution in [0.5, 0.6) is 5.75 Å². The van der Waals surface area contributed by atoms with E-state index in [0.29, 0.717) is 26.0 Å². The van der Waals surface area contributed by atoms with Crippen molar-refractivity contribution in [1.29, 1.82) is 0 Å². The number of nitrogens with one attached hydrogen (secondary N) is 1. The molecule has 27 heavy (non-hydrogen) atoms. The summed E-state index contributed by atoms with van der Waals surface area (Å²) in [6.45, 7) is 3.09. The van der Waals surface area contributed by atoms with Crippen LogP contribution < -0.4 is 10.1 Å². The number of carbonyl (C=O) groups excluding carboxylic acids is 1. The van der Waals surface area contributed by atoms with Gasteiger partial charge in [0.25, 0.3) is 0 Å². The topological polar surface area (TPSA) is 56.1 Å². The van der Waals surface area contributed by atoms with Crippen LogP contribution in [0, 0.1) is 6.92 Å². The fraction of sp³-hybridized carbons (Fsp3) is 0.238. The second-order valence-electron chi connectivity index (χ2n) is 6.32. The van der Waals surface area contributed by atoms with E-state index in [2.05, 4.69) is 10.4 Å². The van der Waals surface area contributed by atoms with Crippen LogP contribution in [0.3, 0.4) is 0 Å². The number of benzene rings is 2. The van der Waals surface area contributed by atoms with Crippen molar-refractivity contribution in [3.05, 3.63) is 77.1 Å². The molecular weight excluding hydrogens is 362 g/mol. The van der Waals surface area contributed by atoms with Crippen molar-refractivity contribution in [2.45, 2.75) is 26.3 Å². The molecule has 0 radical (unpaired) electrons. The lowest BCUT2D eigenvalue weighted by Crippen LogP contribution is -2.13. The van der Waals surface area contributed by atoms with Crippen LogP contribution in [-0.4, -0.2) is 22.3 Å². The average Bonchev–Trinajstić information content (AvgIpc) is 3.15. The van der Waals surface area contributed by atoms with Gasteiger partial charge < -0.3 is 10.1 Å². The first-order valence-electron chi connectivity index (χ1n) is 8.85. The van der Waals surface area contributed by atoms with Crippen molar-refractivity contribution >= 4 is 23.2 Å². The smallest absolute Gasteiger partial charge is 0.224 e. The summed E-state index contributed by atoms with van der Waals surface area (Å²) in [5, 5.41) is 7.85. The van der Waals surface area contributed by atoms with E-state index in [1.807, 2.05) is 66.3 Å². The normalized spacial score (nSPS) is 10.6. The summed E-state index contributed by atoms with van der Waals surface area (Å²) in [6, 6.07) is 15.2. The highest BCUT2D eigenvalue weighted by molar-refractivity contribution is 6.31. The minimum Gasteiger partial charge on any atom is -0.494 e. The van der Waals surface area contributed by atoms with Gasteiger partial charge >= 0.3 is 0 Å². The molecule has 0 fully saturated rings. The number of anilines is 1. The quantitative estimate of drug-likeness (QED) is 0.574. The maximum atomic E-state index is 12.1. The lowest BCUT2D eigenvalue weighted by molar-refractivity contribution is -0.116. The molecule has 0 aliphatic rings. The highest BCUT2D eigenvalue weighted by Crippen LogP contribution is 2.21. The lowest BCUT2D eigenvalue weighted by atomic mass is 10.2. The van der Waals surface area contributed by atoms with Crippen molar-refractivity contribution in [3.63, 3.8) is 0 Å². The minimum absolute atomic E-state index is 0.0258. The predicted octanol–water partition coefficient (Wildman–Crippen LogP) is 4.69. The number of carbonyl (C=O) groups is 1. The van der Waals surface area contributed by atoms with Crippen LogP contribution >= 0.6 is 11.6 Å². The van der Waals surface area contributed by atoms with Crippen molar-refractivity contribution in [1.82, 2.24) is 9.78 Å². The van der Waals surface area contributed by atoms with Crippen LogP contribution in [0.1, 0.15) is 24.0 Å². The van der Waals surface area contributed by atoms with Gasteiger partial charge in [0.15, 0.2) is 0 Å². The summed E-state index contributed by atoms with van der Waals surface area (Å²) in [5.41, 5.74) is 2.85. The Morgan fingerprint density at radius 2 is 2.11 bits per heavy atom. The third-order valence-corrected chi connectivity index (χ3v) is 4.48. The van der Waals surface area contributed by atoms with Crippen molar-refractivity contribution in [2.75, 3.05) is 11.9 Å². The highest BCUT2D eigenvalue weighted by Gasteiger charge is 2.05. The zero-order valence-corrected chi connectivity index (χ0v) is 15.9. The zero-order chi connectivity index (χ0) is 19.1. The van der Waals surface area contributed by atoms with Crippen LogP contribution in [0.4, 0.5) is 5.69 Å². The molecule has 0 spiro atoms. The minimum atomic E-state index is -0.0258. The molecule has 0 bridgehead atoms. The van der Waals surface area contributed by atoms with Gasteiger partial charge in [-0.2, -0.15) is 5.10 Å². The van der Waals surface area contributed by atoms with Crippen molar-refractivity contribution in [3.8, 4) is 5.75 Å². The molecule has 1 heterocycles. The van der Waals surface area contributed by atoms with E-state index in [0.717, 1.165) is 27.6 Å². The van der Waals surface area contributed by atoms with E-state index < -0.39 is 0 Å². The van der Waals surface area contributed by atoms with Crippen molar-refractivity contribution in [2.24, 2.45) is 0 Å². The Kier molecular flexibility index (Phi) is 6.49. The fourth-order valence-electron chi connectivity index (χ4n) is 2.68. The molecule has 0 aliphatic heterocycles. The summed E-state index contributed by atoms with van der Waals surface area (Å²) in [6.07, 6.45) is 4.70. The Labute approximate surface area is 163 Å². The number of halogens is 1. The fourth-order valence-corrected chi connectivity index (χ4v) is 2.80. The van der Waals surface area contributed by atoms with Gasteiger partial charge in [-0.3, -0.25) is 9.48 Å². The largest absolute Gasteiger partial charge is 0.494 e. The van der Waals surface area contributed by atoms with Gasteiger partial charge in [-0.15, -0.1) is 0 Å². The van der Waals surface area contributed by atoms with Gasteiger partial charge in [-0.1, -0.05) is 23.7 Å². The van der Waals surface area contributed by atoms with Crippen LogP contribution in [0.15, 0.2) is 60.9 Å². The summed E-state index contributed by atoms with van der Waals surface area (Å²) < 4.78 is 7.52. The van der Waals surface area contributed by atoms with Gasteiger partial charge in [0, 0.05) is 29.5 Å². The highest BCUT2D eigenvalue weighted by atomic mass is 35.5. The standard InChI is InChI=1S/C21H22ClN3O2/c1-16-13-19(8-9-20(16)22)27-12-3-7-21(26)24-18-6-2-5-17(14-18)15-25-11-4-10-23-25/h2,4-6,8-11,13-14H,3,7,12,15H2,1H3,(H,24,26). The maximum absolute atomic E-state index is 12.1. The van der Waals surface area contributed by atoms with E-state index in [4.69, 9.17) is 16.3 Å². The number of hydrogen-bond acceptors (Lipinski definition) is 3. The summed E-state index contributed by atoms with van der Waals surface area (Å²) in [7, 11) is 0. The molecule has 0 unspecified atom stereocenters. The predicted molar refractivity (Wildman–Crippen MR) is 107 cm³/mol. The van der Waals surface area contributed by atoms with Gasteiger partial charge in [-0.05, 0) is 60.9 Å². The molecule has 1 amide bonds. The van der Waals surface area contributed by atoms with Gasteiger partial charge in [-0.25, -0.2) is 0 Å². The number of rotatable bonds is 8. The molecule has 5 nitrogen and oxygen atoms in total. The van der Waals surface area contributed by atoms with Crippen LogP contribution in [0.25, 0.3) is 0 Å². The molecule has 3 rings (SSSR count). The van der Waals surface area contributed by atoms with E-state index in [9.17, 15) is 4.79 Å². The van der Waals surface area contributed by atoms with Gasteiger partial charge in [0.1, 0.15) is 5.75 Å². The zero-order valence-electron chi connectivity index (χ0n) is 15.2. The third kappa shape index (κ3) is 5.86. The van der Waals surface area contributed by atoms with Crippen LogP contribution in [0.2, 0.25) is 5.02 Å². The molecule has 0 aliphatic carbocycles. The van der Waals surface area contributed by atoms with E-state index >= 15 is 0 Å². The number of aryl methyl sites for hydroxylation is 1. The first-order chi connectivity index (χ1) is 13.1. The second-order valence-corrected chi connectivity index (χ2v) is 6.72. The van der Waals surface area contributed by atoms with E-state index in [-0.39, 0.29) is 5.91 Å². The first kappa shape index (κ1) is 19.0. The Morgan fingerprint density at radius 1 is 1.22 bits per heavy atom.